The lowest BCUT2D eigenvalue weighted by Crippen LogP contribution is -2.06. The predicted octanol–water partition coefficient (Wildman–Crippen LogP) is 1.51. The van der Waals surface area contributed by atoms with E-state index in [0.717, 1.165) is 10.2 Å². The summed E-state index contributed by atoms with van der Waals surface area (Å²) < 4.78 is 2.75. The minimum Gasteiger partial charge on any atom is -0.324 e. The molecule has 2 N–H and O–H groups in total. The molecule has 0 spiro atoms. The minimum absolute atomic E-state index is 0.00815. The molecule has 0 aromatic carbocycles. The van der Waals surface area contributed by atoms with Gasteiger partial charge in [0.05, 0.1) is 6.20 Å². The highest BCUT2D eigenvalue weighted by atomic mass is 79.9. The van der Waals surface area contributed by atoms with Crippen molar-refractivity contribution in [2.75, 3.05) is 0 Å². The van der Waals surface area contributed by atoms with E-state index in [2.05, 4.69) is 25.9 Å². The monoisotopic (exact) mass is 240 g/mol. The van der Waals surface area contributed by atoms with E-state index in [1.54, 1.807) is 12.4 Å². The zero-order chi connectivity index (χ0) is 9.42. The van der Waals surface area contributed by atoms with Gasteiger partial charge in [-0.05, 0) is 22.9 Å². The van der Waals surface area contributed by atoms with Crippen molar-refractivity contribution in [2.45, 2.75) is 13.0 Å². The fourth-order valence-corrected chi connectivity index (χ4v) is 1.46. The maximum Gasteiger partial charge on any atom is 0.234 e. The third kappa shape index (κ3) is 1.45. The van der Waals surface area contributed by atoms with Crippen LogP contribution in [0, 0.1) is 0 Å². The zero-order valence-electron chi connectivity index (χ0n) is 7.11. The van der Waals surface area contributed by atoms with Crippen LogP contribution in [0.2, 0.25) is 0 Å². The lowest BCUT2D eigenvalue weighted by atomic mass is 10.2. The van der Waals surface area contributed by atoms with Gasteiger partial charge in [-0.1, -0.05) is 0 Å². The summed E-state index contributed by atoms with van der Waals surface area (Å²) in [5.41, 5.74) is 6.73. The van der Waals surface area contributed by atoms with Gasteiger partial charge in [-0.2, -0.15) is 0 Å². The van der Waals surface area contributed by atoms with E-state index in [1.165, 1.54) is 0 Å². The molecule has 13 heavy (non-hydrogen) atoms. The molecule has 0 radical (unpaired) electrons. The number of aromatic nitrogens is 3. The van der Waals surface area contributed by atoms with Crippen molar-refractivity contribution in [1.29, 1.82) is 0 Å². The number of hydrogen-bond donors (Lipinski definition) is 1. The Kier molecular flexibility index (Phi) is 2.05. The first-order chi connectivity index (χ1) is 6.18. The summed E-state index contributed by atoms with van der Waals surface area (Å²) in [4.78, 5) is 8.25. The standard InChI is InChI=1S/C8H9BrN4/c1-5(10)6-2-11-8-12-3-7(9)13(8)4-6/h2-5H,10H2,1H3. The van der Waals surface area contributed by atoms with Crippen molar-refractivity contribution in [3.63, 3.8) is 0 Å². The lowest BCUT2D eigenvalue weighted by Gasteiger charge is -2.04. The van der Waals surface area contributed by atoms with Crippen LogP contribution in [0.15, 0.2) is 23.2 Å². The van der Waals surface area contributed by atoms with Crippen molar-refractivity contribution in [2.24, 2.45) is 5.73 Å². The van der Waals surface area contributed by atoms with Crippen LogP contribution in [-0.4, -0.2) is 14.4 Å². The molecule has 0 aliphatic rings. The Labute approximate surface area is 83.9 Å². The third-order valence-corrected chi connectivity index (χ3v) is 2.45. The van der Waals surface area contributed by atoms with Gasteiger partial charge in [0.25, 0.3) is 0 Å². The third-order valence-electron chi connectivity index (χ3n) is 1.87. The molecule has 2 aromatic heterocycles. The van der Waals surface area contributed by atoms with E-state index in [4.69, 9.17) is 5.73 Å². The van der Waals surface area contributed by atoms with Crippen molar-refractivity contribution in [3.05, 3.63) is 28.8 Å². The summed E-state index contributed by atoms with van der Waals surface area (Å²) in [5, 5.41) is 0. The molecule has 0 saturated carbocycles. The SMILES string of the molecule is CC(N)c1cnc2ncc(Br)n2c1. The van der Waals surface area contributed by atoms with E-state index >= 15 is 0 Å². The molecule has 0 amide bonds. The molecule has 5 heteroatoms. The molecule has 2 heterocycles. The Hall–Kier alpha value is -0.940. The Balaban J connectivity index is 2.66. The molecule has 4 nitrogen and oxygen atoms in total. The van der Waals surface area contributed by atoms with Crippen molar-refractivity contribution in [3.8, 4) is 0 Å². The zero-order valence-corrected chi connectivity index (χ0v) is 8.69. The van der Waals surface area contributed by atoms with Crippen molar-refractivity contribution in [1.82, 2.24) is 14.4 Å². The predicted molar refractivity (Wildman–Crippen MR) is 53.3 cm³/mol. The molecule has 0 saturated heterocycles. The molecule has 1 atom stereocenters. The van der Waals surface area contributed by atoms with Gasteiger partial charge >= 0.3 is 0 Å². The van der Waals surface area contributed by atoms with Crippen LogP contribution in [0.1, 0.15) is 18.5 Å². The average Bonchev–Trinajstić information content (AvgIpc) is 2.47. The summed E-state index contributed by atoms with van der Waals surface area (Å²) in [6, 6.07) is -0.00815. The van der Waals surface area contributed by atoms with Gasteiger partial charge in [0.1, 0.15) is 4.60 Å². The number of imidazole rings is 1. The van der Waals surface area contributed by atoms with Crippen LogP contribution in [0.5, 0.6) is 0 Å². The highest BCUT2D eigenvalue weighted by Gasteiger charge is 2.04. The Morgan fingerprint density at radius 1 is 1.46 bits per heavy atom. The van der Waals surface area contributed by atoms with Crippen LogP contribution < -0.4 is 5.73 Å². The van der Waals surface area contributed by atoms with Crippen LogP contribution in [0.25, 0.3) is 5.78 Å². The summed E-state index contributed by atoms with van der Waals surface area (Å²) in [6.45, 7) is 1.92. The van der Waals surface area contributed by atoms with Gasteiger partial charge in [0, 0.05) is 24.0 Å². The van der Waals surface area contributed by atoms with Crippen LogP contribution >= 0.6 is 15.9 Å². The molecule has 0 aliphatic carbocycles. The second kappa shape index (κ2) is 3.08. The van der Waals surface area contributed by atoms with E-state index in [-0.39, 0.29) is 6.04 Å². The number of nitrogens with two attached hydrogens (primary N) is 1. The Morgan fingerprint density at radius 3 is 2.85 bits per heavy atom. The maximum atomic E-state index is 5.73. The molecule has 2 aromatic rings. The fraction of sp³-hybridized carbons (Fsp3) is 0.250. The lowest BCUT2D eigenvalue weighted by molar-refractivity contribution is 0.798. The molecule has 1 unspecified atom stereocenters. The number of fused-ring (bicyclic) bond motifs is 1. The van der Waals surface area contributed by atoms with Crippen molar-refractivity contribution >= 4 is 21.7 Å². The van der Waals surface area contributed by atoms with Gasteiger partial charge in [-0.25, -0.2) is 9.97 Å². The molecule has 0 fully saturated rings. The van der Waals surface area contributed by atoms with Gasteiger partial charge in [0.15, 0.2) is 0 Å². The normalized spacial score (nSPS) is 13.5. The second-order valence-electron chi connectivity index (χ2n) is 2.93. The minimum atomic E-state index is -0.00815. The topological polar surface area (TPSA) is 56.2 Å². The van der Waals surface area contributed by atoms with Crippen LogP contribution in [0.4, 0.5) is 0 Å². The first kappa shape index (κ1) is 8.65. The number of hydrogen-bond acceptors (Lipinski definition) is 3. The number of rotatable bonds is 1. The van der Waals surface area contributed by atoms with Gasteiger partial charge < -0.3 is 5.73 Å². The van der Waals surface area contributed by atoms with Crippen molar-refractivity contribution < 1.29 is 0 Å². The van der Waals surface area contributed by atoms with Crippen LogP contribution in [-0.2, 0) is 0 Å². The highest BCUT2D eigenvalue weighted by molar-refractivity contribution is 9.10. The average molecular weight is 241 g/mol. The molecule has 68 valence electrons. The molecular weight excluding hydrogens is 232 g/mol. The van der Waals surface area contributed by atoms with E-state index < -0.39 is 0 Å². The Bertz CT molecular complexity index is 435. The molecular formula is C8H9BrN4. The molecule has 0 bridgehead atoms. The first-order valence-electron chi connectivity index (χ1n) is 3.92. The van der Waals surface area contributed by atoms with E-state index in [0.29, 0.717) is 5.78 Å². The summed E-state index contributed by atoms with van der Waals surface area (Å²) in [5.74, 6) is 0.677. The summed E-state index contributed by atoms with van der Waals surface area (Å²) in [6.07, 6.45) is 5.40. The fourth-order valence-electron chi connectivity index (χ4n) is 1.10. The molecule has 2 rings (SSSR count). The molecule has 0 aliphatic heterocycles. The van der Waals surface area contributed by atoms with Gasteiger partial charge in [-0.15, -0.1) is 0 Å². The number of nitrogens with zero attached hydrogens (tertiary/aromatic N) is 3. The highest BCUT2D eigenvalue weighted by Crippen LogP contribution is 2.14. The van der Waals surface area contributed by atoms with Crippen LogP contribution in [0.3, 0.4) is 0 Å². The Morgan fingerprint density at radius 2 is 2.15 bits per heavy atom. The van der Waals surface area contributed by atoms with E-state index in [1.807, 2.05) is 17.5 Å². The number of halogens is 1. The van der Waals surface area contributed by atoms with Gasteiger partial charge in [-0.3, -0.25) is 4.40 Å². The first-order valence-corrected chi connectivity index (χ1v) is 4.72. The van der Waals surface area contributed by atoms with Gasteiger partial charge in [0.2, 0.25) is 5.78 Å². The smallest absolute Gasteiger partial charge is 0.234 e. The second-order valence-corrected chi connectivity index (χ2v) is 3.74. The summed E-state index contributed by atoms with van der Waals surface area (Å²) in [7, 11) is 0. The van der Waals surface area contributed by atoms with E-state index in [9.17, 15) is 0 Å². The summed E-state index contributed by atoms with van der Waals surface area (Å²) >= 11 is 3.37. The largest absolute Gasteiger partial charge is 0.324 e. The quantitative estimate of drug-likeness (QED) is 0.823. The maximum absolute atomic E-state index is 5.73.